The van der Waals surface area contributed by atoms with Gasteiger partial charge in [0.1, 0.15) is 0 Å². The van der Waals surface area contributed by atoms with Crippen molar-refractivity contribution in [1.82, 2.24) is 29.3 Å². The highest BCUT2D eigenvalue weighted by Gasteiger charge is 2.41. The molecule has 1 aliphatic rings. The fourth-order valence-corrected chi connectivity index (χ4v) is 5.24. The summed E-state index contributed by atoms with van der Waals surface area (Å²) < 4.78 is 44.8. The third-order valence-electron chi connectivity index (χ3n) is 6.78. The van der Waals surface area contributed by atoms with Gasteiger partial charge in [0.2, 0.25) is 0 Å². The normalized spacial score (nSPS) is 17.7. The molecular formula is C25H25F3N6O. The Hall–Kier alpha value is -3.69. The molecule has 182 valence electrons. The number of nitrogens with zero attached hydrogens (tertiary/aromatic N) is 6. The molecule has 10 heteroatoms. The van der Waals surface area contributed by atoms with Gasteiger partial charge in [0, 0.05) is 30.4 Å². The lowest BCUT2D eigenvalue weighted by atomic mass is 9.87. The molecule has 1 amide bonds. The Morgan fingerprint density at radius 3 is 2.51 bits per heavy atom. The summed E-state index contributed by atoms with van der Waals surface area (Å²) in [4.78, 5) is 20.3. The highest BCUT2D eigenvalue weighted by molar-refractivity contribution is 5.95. The van der Waals surface area contributed by atoms with Crippen molar-refractivity contribution in [2.45, 2.75) is 52.1 Å². The second-order valence-corrected chi connectivity index (χ2v) is 8.83. The number of hydrogen-bond donors (Lipinski definition) is 0. The lowest BCUT2D eigenvalue weighted by Crippen LogP contribution is -2.47. The summed E-state index contributed by atoms with van der Waals surface area (Å²) in [7, 11) is 1.69. The van der Waals surface area contributed by atoms with Gasteiger partial charge in [-0.25, -0.2) is 22.7 Å². The van der Waals surface area contributed by atoms with Crippen LogP contribution in [0.15, 0.2) is 30.5 Å². The molecule has 2 atom stereocenters. The van der Waals surface area contributed by atoms with Crippen LogP contribution in [0.25, 0.3) is 16.9 Å². The van der Waals surface area contributed by atoms with Crippen molar-refractivity contribution >= 4 is 11.6 Å². The number of hydrogen-bond acceptors (Lipinski definition) is 4. The van der Waals surface area contributed by atoms with Crippen molar-refractivity contribution in [2.75, 3.05) is 0 Å². The van der Waals surface area contributed by atoms with Gasteiger partial charge in [-0.15, -0.1) is 0 Å². The van der Waals surface area contributed by atoms with Crippen LogP contribution >= 0.6 is 0 Å². The number of benzene rings is 1. The number of carbonyl (C=O) groups excluding carboxylic acids is 1. The zero-order valence-corrected chi connectivity index (χ0v) is 19.9. The van der Waals surface area contributed by atoms with Gasteiger partial charge in [-0.3, -0.25) is 9.48 Å². The van der Waals surface area contributed by atoms with Gasteiger partial charge in [0.15, 0.2) is 28.8 Å². The van der Waals surface area contributed by atoms with E-state index in [9.17, 15) is 18.0 Å². The summed E-state index contributed by atoms with van der Waals surface area (Å²) in [6.45, 7) is 5.75. The molecule has 0 fully saturated rings. The van der Waals surface area contributed by atoms with Gasteiger partial charge in [0.25, 0.3) is 5.91 Å². The first-order valence-electron chi connectivity index (χ1n) is 11.6. The van der Waals surface area contributed by atoms with E-state index in [4.69, 9.17) is 0 Å². The number of aromatic nitrogens is 5. The summed E-state index contributed by atoms with van der Waals surface area (Å²) >= 11 is 0. The molecule has 0 saturated heterocycles. The van der Waals surface area contributed by atoms with Crippen LogP contribution in [0.1, 0.15) is 60.2 Å². The fraction of sp³-hybridized carbons (Fsp3) is 0.360. The van der Waals surface area contributed by atoms with E-state index in [1.165, 1.54) is 0 Å². The topological polar surface area (TPSA) is 68.3 Å². The average molecular weight is 483 g/mol. The second-order valence-electron chi connectivity index (χ2n) is 8.83. The summed E-state index contributed by atoms with van der Waals surface area (Å²) in [5.74, 6) is -4.20. The minimum absolute atomic E-state index is 0.188. The van der Waals surface area contributed by atoms with Crippen LogP contribution in [0.5, 0.6) is 0 Å². The van der Waals surface area contributed by atoms with Crippen molar-refractivity contribution < 1.29 is 18.0 Å². The molecule has 35 heavy (non-hydrogen) atoms. The van der Waals surface area contributed by atoms with E-state index in [-0.39, 0.29) is 23.6 Å². The minimum Gasteiger partial charge on any atom is -0.325 e. The Labute approximate surface area is 200 Å². The van der Waals surface area contributed by atoms with Crippen LogP contribution in [0.4, 0.5) is 13.2 Å². The Morgan fingerprint density at radius 2 is 1.86 bits per heavy atom. The van der Waals surface area contributed by atoms with Crippen LogP contribution in [-0.2, 0) is 13.5 Å². The van der Waals surface area contributed by atoms with E-state index in [1.807, 2.05) is 18.7 Å². The largest absolute Gasteiger partial charge is 0.325 e. The number of rotatable bonds is 4. The molecule has 0 N–H and O–H groups in total. The Kier molecular flexibility index (Phi) is 5.61. The maximum atomic E-state index is 14.1. The van der Waals surface area contributed by atoms with E-state index < -0.39 is 17.5 Å². The number of aryl methyl sites for hydroxylation is 2. The first-order chi connectivity index (χ1) is 16.8. The first-order valence-corrected chi connectivity index (χ1v) is 11.6. The zero-order chi connectivity index (χ0) is 25.0. The van der Waals surface area contributed by atoms with E-state index >= 15 is 0 Å². The predicted octanol–water partition coefficient (Wildman–Crippen LogP) is 4.78. The number of carbonyl (C=O) groups is 1. The Balaban J connectivity index is 1.64. The lowest BCUT2D eigenvalue weighted by Gasteiger charge is -2.41. The van der Waals surface area contributed by atoms with E-state index in [0.717, 1.165) is 17.7 Å². The van der Waals surface area contributed by atoms with Crippen LogP contribution in [0.3, 0.4) is 0 Å². The Bertz CT molecular complexity index is 1440. The number of imidazole rings is 1. The number of halogens is 3. The molecule has 0 radical (unpaired) electrons. The quantitative estimate of drug-likeness (QED) is 0.393. The van der Waals surface area contributed by atoms with Gasteiger partial charge in [-0.05, 0) is 50.5 Å². The third-order valence-corrected chi connectivity index (χ3v) is 6.78. The van der Waals surface area contributed by atoms with Gasteiger partial charge in [-0.1, -0.05) is 13.8 Å². The maximum Gasteiger partial charge on any atom is 0.275 e. The summed E-state index contributed by atoms with van der Waals surface area (Å²) in [6.07, 6.45) is 3.30. The molecule has 0 saturated carbocycles. The van der Waals surface area contributed by atoms with Gasteiger partial charge in [-0.2, -0.15) is 10.2 Å². The molecule has 5 rings (SSSR count). The van der Waals surface area contributed by atoms with Crippen LogP contribution in [0.2, 0.25) is 0 Å². The van der Waals surface area contributed by atoms with Crippen molar-refractivity contribution in [3.63, 3.8) is 0 Å². The monoisotopic (exact) mass is 482 g/mol. The Morgan fingerprint density at radius 1 is 1.14 bits per heavy atom. The van der Waals surface area contributed by atoms with Crippen molar-refractivity contribution in [1.29, 1.82) is 0 Å². The van der Waals surface area contributed by atoms with E-state index in [2.05, 4.69) is 15.2 Å². The SMILES string of the molecule is CCC1Cc2c(nn(C)c2-c2cc(F)c(F)c(F)c2)C(CC)N1C(=O)c1c(C)nc2cccnn12. The van der Waals surface area contributed by atoms with Crippen LogP contribution < -0.4 is 0 Å². The molecule has 4 aromatic rings. The second kappa shape index (κ2) is 8.51. The summed E-state index contributed by atoms with van der Waals surface area (Å²) in [5.41, 5.74) is 3.80. The smallest absolute Gasteiger partial charge is 0.275 e. The van der Waals surface area contributed by atoms with Crippen molar-refractivity contribution in [3.05, 3.63) is 70.6 Å². The highest BCUT2D eigenvalue weighted by Crippen LogP contribution is 2.41. The van der Waals surface area contributed by atoms with Crippen molar-refractivity contribution in [2.24, 2.45) is 7.05 Å². The standard InChI is InChI=1S/C25H25F3N6O/c1-5-15-12-16-22(31-32(4)24(16)14-10-17(26)21(28)18(27)11-14)19(6-2)33(15)25(35)23-13(3)30-20-8-7-9-29-34(20)23/h7-11,15,19H,5-6,12H2,1-4H3. The maximum absolute atomic E-state index is 14.1. The molecule has 3 aromatic heterocycles. The molecule has 2 unspecified atom stereocenters. The van der Waals surface area contributed by atoms with E-state index in [1.54, 1.807) is 41.5 Å². The van der Waals surface area contributed by atoms with Crippen LogP contribution in [0, 0.1) is 24.4 Å². The molecule has 0 bridgehead atoms. The molecule has 1 aromatic carbocycles. The fourth-order valence-electron chi connectivity index (χ4n) is 5.24. The lowest BCUT2D eigenvalue weighted by molar-refractivity contribution is 0.0503. The predicted molar refractivity (Wildman–Crippen MR) is 123 cm³/mol. The molecule has 7 nitrogen and oxygen atoms in total. The van der Waals surface area contributed by atoms with Gasteiger partial charge < -0.3 is 4.90 Å². The summed E-state index contributed by atoms with van der Waals surface area (Å²) in [6, 6.07) is 4.99. The van der Waals surface area contributed by atoms with Gasteiger partial charge >= 0.3 is 0 Å². The molecule has 0 spiro atoms. The van der Waals surface area contributed by atoms with Crippen molar-refractivity contribution in [3.8, 4) is 11.3 Å². The molecular weight excluding hydrogens is 457 g/mol. The van der Waals surface area contributed by atoms with E-state index in [0.29, 0.717) is 47.7 Å². The third kappa shape index (κ3) is 3.50. The molecule has 4 heterocycles. The molecule has 1 aliphatic heterocycles. The average Bonchev–Trinajstić information content (AvgIpc) is 3.35. The number of amides is 1. The van der Waals surface area contributed by atoms with Gasteiger partial charge in [0.05, 0.1) is 23.1 Å². The molecule has 0 aliphatic carbocycles. The number of fused-ring (bicyclic) bond motifs is 2. The zero-order valence-electron chi connectivity index (χ0n) is 19.9. The minimum atomic E-state index is -1.50. The summed E-state index contributed by atoms with van der Waals surface area (Å²) in [5, 5.41) is 9.01. The van der Waals surface area contributed by atoms with Crippen LogP contribution in [-0.4, -0.2) is 41.2 Å². The first kappa shape index (κ1) is 23.1. The highest BCUT2D eigenvalue weighted by atomic mass is 19.2.